The first-order valence-corrected chi connectivity index (χ1v) is 10.2. The van der Waals surface area contributed by atoms with Crippen LogP contribution in [0.15, 0.2) is 36.4 Å². The molecule has 1 N–H and O–H groups in total. The Morgan fingerprint density at radius 2 is 2.11 bits per heavy atom. The van der Waals surface area contributed by atoms with Gasteiger partial charge >= 0.3 is 0 Å². The number of aliphatic hydroxyl groups excluding tert-OH is 1. The molecule has 2 rings (SSSR count). The van der Waals surface area contributed by atoms with Gasteiger partial charge in [-0.1, -0.05) is 49.3 Å². The molecule has 152 valence electrons. The van der Waals surface area contributed by atoms with E-state index < -0.39 is 6.10 Å². The van der Waals surface area contributed by atoms with E-state index in [9.17, 15) is 9.90 Å². The van der Waals surface area contributed by atoms with Gasteiger partial charge in [0.15, 0.2) is 0 Å². The maximum atomic E-state index is 12.2. The first-order valence-electron chi connectivity index (χ1n) is 10.2. The topological polar surface area (TPSA) is 73.6 Å². The van der Waals surface area contributed by atoms with Crippen molar-refractivity contribution in [3.05, 3.63) is 47.5 Å². The van der Waals surface area contributed by atoms with E-state index in [2.05, 4.69) is 12.1 Å². The van der Waals surface area contributed by atoms with E-state index >= 15 is 0 Å². The van der Waals surface area contributed by atoms with E-state index in [0.717, 1.165) is 49.8 Å². The number of benzene rings is 1. The van der Waals surface area contributed by atoms with Crippen molar-refractivity contribution >= 4 is 5.91 Å². The first kappa shape index (κ1) is 22.1. The molecule has 1 aliphatic heterocycles. The number of nitrogens with zero attached hydrogens (tertiary/aromatic N) is 2. The fraction of sp³-hybridized carbons (Fsp3) is 0.565. The lowest BCUT2D eigenvalue weighted by molar-refractivity contribution is -0.128. The Kier molecular flexibility index (Phi) is 9.74. The highest BCUT2D eigenvalue weighted by Gasteiger charge is 2.28. The lowest BCUT2D eigenvalue weighted by Gasteiger charge is -2.22. The Balaban J connectivity index is 1.81. The van der Waals surface area contributed by atoms with Crippen LogP contribution in [-0.2, 0) is 22.6 Å². The van der Waals surface area contributed by atoms with Gasteiger partial charge in [0, 0.05) is 32.9 Å². The molecule has 0 bridgehead atoms. The number of carbonyl (C=O) groups is 1. The van der Waals surface area contributed by atoms with Gasteiger partial charge in [-0.3, -0.25) is 4.79 Å². The molecule has 1 fully saturated rings. The molecule has 5 heteroatoms. The van der Waals surface area contributed by atoms with Crippen LogP contribution >= 0.6 is 0 Å². The summed E-state index contributed by atoms with van der Waals surface area (Å²) in [5.41, 5.74) is 2.17. The van der Waals surface area contributed by atoms with Gasteiger partial charge in [0.1, 0.15) is 0 Å². The second-order valence-electron chi connectivity index (χ2n) is 7.42. The zero-order valence-electron chi connectivity index (χ0n) is 16.8. The van der Waals surface area contributed by atoms with Crippen molar-refractivity contribution in [2.75, 3.05) is 13.7 Å². The second-order valence-corrected chi connectivity index (χ2v) is 7.42. The van der Waals surface area contributed by atoms with Crippen molar-refractivity contribution in [1.29, 1.82) is 5.26 Å². The van der Waals surface area contributed by atoms with Gasteiger partial charge in [0.05, 0.1) is 24.8 Å². The average Bonchev–Trinajstić information content (AvgIpc) is 3.03. The van der Waals surface area contributed by atoms with Gasteiger partial charge in [-0.2, -0.15) is 5.26 Å². The van der Waals surface area contributed by atoms with E-state index in [0.29, 0.717) is 25.9 Å². The molecule has 1 amide bonds. The average molecular weight is 385 g/mol. The van der Waals surface area contributed by atoms with E-state index in [1.165, 1.54) is 0 Å². The van der Waals surface area contributed by atoms with E-state index in [1.54, 1.807) is 7.11 Å². The van der Waals surface area contributed by atoms with E-state index in [4.69, 9.17) is 10.00 Å². The van der Waals surface area contributed by atoms with Crippen molar-refractivity contribution < 1.29 is 14.6 Å². The monoisotopic (exact) mass is 384 g/mol. The summed E-state index contributed by atoms with van der Waals surface area (Å²) < 4.78 is 5.16. The van der Waals surface area contributed by atoms with Crippen molar-refractivity contribution in [3.63, 3.8) is 0 Å². The Morgan fingerprint density at radius 1 is 1.32 bits per heavy atom. The number of unbranched alkanes of at least 4 members (excludes halogenated alkanes) is 4. The number of nitriles is 1. The van der Waals surface area contributed by atoms with Crippen LogP contribution in [-0.4, -0.2) is 41.7 Å². The van der Waals surface area contributed by atoms with Gasteiger partial charge < -0.3 is 14.7 Å². The molecular formula is C23H32N2O3. The number of amides is 1. The van der Waals surface area contributed by atoms with Crippen LogP contribution < -0.4 is 0 Å². The van der Waals surface area contributed by atoms with Crippen LogP contribution in [0.3, 0.4) is 0 Å². The quantitative estimate of drug-likeness (QED) is 0.440. The number of methoxy groups -OCH3 is 1. The van der Waals surface area contributed by atoms with Crippen LogP contribution in [0.2, 0.25) is 0 Å². The Hall–Kier alpha value is -2.16. The highest BCUT2D eigenvalue weighted by Crippen LogP contribution is 2.21. The summed E-state index contributed by atoms with van der Waals surface area (Å²) >= 11 is 0. The van der Waals surface area contributed by atoms with Crippen molar-refractivity contribution in [2.45, 2.75) is 70.1 Å². The van der Waals surface area contributed by atoms with Crippen molar-refractivity contribution in [2.24, 2.45) is 0 Å². The number of hydrogen-bond donors (Lipinski definition) is 1. The Bertz CT molecular complexity index is 681. The highest BCUT2D eigenvalue weighted by molar-refractivity contribution is 5.79. The minimum atomic E-state index is -0.568. The molecular weight excluding hydrogens is 352 g/mol. The van der Waals surface area contributed by atoms with E-state index in [-0.39, 0.29) is 11.9 Å². The number of likely N-dealkylation sites (tertiary alicyclic amines) is 1. The van der Waals surface area contributed by atoms with Gasteiger partial charge in [0.25, 0.3) is 0 Å². The number of aliphatic hydroxyl groups is 1. The van der Waals surface area contributed by atoms with E-state index in [1.807, 2.05) is 35.3 Å². The third-order valence-electron chi connectivity index (χ3n) is 5.11. The molecule has 28 heavy (non-hydrogen) atoms. The van der Waals surface area contributed by atoms with Crippen LogP contribution in [0.5, 0.6) is 0 Å². The fourth-order valence-corrected chi connectivity index (χ4v) is 3.67. The third kappa shape index (κ3) is 7.46. The number of ether oxygens (including phenoxy) is 1. The summed E-state index contributed by atoms with van der Waals surface area (Å²) in [5, 5.41) is 18.9. The zero-order chi connectivity index (χ0) is 20.2. The van der Waals surface area contributed by atoms with Crippen LogP contribution in [0, 0.1) is 11.3 Å². The van der Waals surface area contributed by atoms with Gasteiger partial charge in [-0.05, 0) is 30.4 Å². The molecule has 0 unspecified atom stereocenters. The molecule has 0 saturated carbocycles. The molecule has 1 aromatic carbocycles. The van der Waals surface area contributed by atoms with Crippen molar-refractivity contribution in [3.8, 4) is 6.07 Å². The third-order valence-corrected chi connectivity index (χ3v) is 5.11. The minimum absolute atomic E-state index is 0.0843. The van der Waals surface area contributed by atoms with Gasteiger partial charge in [0.2, 0.25) is 5.91 Å². The minimum Gasteiger partial charge on any atom is -0.389 e. The summed E-state index contributed by atoms with van der Waals surface area (Å²) in [5.74, 6) is 0.202. The fourth-order valence-electron chi connectivity index (χ4n) is 3.67. The highest BCUT2D eigenvalue weighted by atomic mass is 16.5. The van der Waals surface area contributed by atoms with Crippen LogP contribution in [0.4, 0.5) is 0 Å². The Morgan fingerprint density at radius 3 is 2.89 bits per heavy atom. The van der Waals surface area contributed by atoms with Gasteiger partial charge in [-0.15, -0.1) is 0 Å². The lowest BCUT2D eigenvalue weighted by Crippen LogP contribution is -2.32. The maximum Gasteiger partial charge on any atom is 0.223 e. The number of hydrogen-bond acceptors (Lipinski definition) is 4. The molecule has 5 nitrogen and oxygen atoms in total. The molecule has 1 heterocycles. The van der Waals surface area contributed by atoms with Gasteiger partial charge in [-0.25, -0.2) is 0 Å². The summed E-state index contributed by atoms with van der Waals surface area (Å²) in [4.78, 5) is 14.1. The van der Waals surface area contributed by atoms with Crippen LogP contribution in [0.1, 0.15) is 56.1 Å². The maximum absolute atomic E-state index is 12.2. The normalized spacial score (nSPS) is 18.0. The SMILES string of the molecule is COCc1cccc(C[C@H](O)C=C[C@H]2CCC(=O)N2CCCCCCC#N)c1. The standard InChI is InChI=1S/C23H32N2O3/c1-28-18-20-9-7-8-19(16-20)17-22(26)12-10-21-11-13-23(27)25(21)15-6-4-2-3-5-14-24/h7-10,12,16,21-22,26H,2-6,11,13,15,17-18H2,1H3/t21-,22+/m0/s1. The second kappa shape index (κ2) is 12.3. The molecule has 1 aliphatic rings. The molecule has 1 saturated heterocycles. The number of rotatable bonds is 12. The first-order chi connectivity index (χ1) is 13.6. The molecule has 2 atom stereocenters. The summed E-state index contributed by atoms with van der Waals surface area (Å²) in [7, 11) is 1.67. The summed E-state index contributed by atoms with van der Waals surface area (Å²) in [6.45, 7) is 1.32. The molecule has 0 radical (unpaired) electrons. The van der Waals surface area contributed by atoms with Crippen LogP contribution in [0.25, 0.3) is 0 Å². The molecule has 1 aromatic rings. The molecule has 0 aromatic heterocycles. The zero-order valence-corrected chi connectivity index (χ0v) is 16.8. The molecule has 0 aliphatic carbocycles. The summed E-state index contributed by atoms with van der Waals surface area (Å²) in [6.07, 6.45) is 9.80. The van der Waals surface area contributed by atoms with Crippen molar-refractivity contribution in [1.82, 2.24) is 4.90 Å². The molecule has 0 spiro atoms. The smallest absolute Gasteiger partial charge is 0.223 e. The number of carbonyl (C=O) groups excluding carboxylic acids is 1. The Labute approximate surface area is 168 Å². The predicted octanol–water partition coefficient (Wildman–Crippen LogP) is 3.76. The lowest BCUT2D eigenvalue weighted by atomic mass is 10.0. The predicted molar refractivity (Wildman–Crippen MR) is 109 cm³/mol. The summed E-state index contributed by atoms with van der Waals surface area (Å²) in [6, 6.07) is 10.3. The largest absolute Gasteiger partial charge is 0.389 e.